The first-order chi connectivity index (χ1) is 22.5. The quantitative estimate of drug-likeness (QED) is 0.0575. The molecule has 276 valence electrons. The van der Waals surface area contributed by atoms with Crippen LogP contribution in [0.4, 0.5) is 0 Å². The number of aliphatic hydroxyl groups is 1. The van der Waals surface area contributed by atoms with E-state index in [0.717, 1.165) is 13.2 Å². The van der Waals surface area contributed by atoms with Gasteiger partial charge in [0.2, 0.25) is 0 Å². The van der Waals surface area contributed by atoms with Crippen LogP contribution in [0, 0.1) is 0 Å². The average molecular weight is 657 g/mol. The molecule has 0 saturated heterocycles. The number of unbranched alkanes of at least 4 members (excludes halogenated alkanes) is 30. The first kappa shape index (κ1) is 47.0. The molecule has 0 bridgehead atoms. The second-order valence-corrected chi connectivity index (χ2v) is 13.7. The van der Waals surface area contributed by atoms with Crippen LogP contribution in [0.2, 0.25) is 0 Å². The van der Waals surface area contributed by atoms with Gasteiger partial charge in [-0.05, 0) is 12.8 Å². The van der Waals surface area contributed by atoms with Crippen LogP contribution < -0.4 is 0 Å². The number of aliphatic carboxylic acids is 2. The van der Waals surface area contributed by atoms with Gasteiger partial charge in [0.15, 0.2) is 6.10 Å². The van der Waals surface area contributed by atoms with Crippen LogP contribution in [0.25, 0.3) is 0 Å². The normalized spacial score (nSPS) is 11.7. The molecular formula is C40H80O6. The summed E-state index contributed by atoms with van der Waals surface area (Å²) in [6, 6.07) is 0. The zero-order valence-corrected chi connectivity index (χ0v) is 30.9. The third kappa shape index (κ3) is 45.0. The van der Waals surface area contributed by atoms with Crippen LogP contribution in [-0.4, -0.2) is 46.6 Å². The lowest BCUT2D eigenvalue weighted by Crippen LogP contribution is -2.22. The van der Waals surface area contributed by atoms with Crippen LogP contribution >= 0.6 is 0 Å². The highest BCUT2D eigenvalue weighted by Gasteiger charge is 2.16. The summed E-state index contributed by atoms with van der Waals surface area (Å²) >= 11 is 0. The smallest absolute Gasteiger partial charge is 0.333 e. The standard InChI is InChI=1S/C36H74O.C4H6O5/c1-3-5-7-9-11-13-15-17-19-21-23-25-27-29-31-33-35-37-36-34-32-30-28-26-24-22-20-18-16-14-12-10-8-6-4-2;5-2(4(8)9)1-3(6)7/h3-36H2,1-2H3;2,5H,1H2,(H,6,7)(H,8,9). The van der Waals surface area contributed by atoms with Crippen molar-refractivity contribution in [2.45, 2.75) is 232 Å². The lowest BCUT2D eigenvalue weighted by atomic mass is 10.0. The van der Waals surface area contributed by atoms with E-state index in [9.17, 15) is 9.59 Å². The molecule has 0 spiro atoms. The fourth-order valence-corrected chi connectivity index (χ4v) is 5.86. The highest BCUT2D eigenvalue weighted by Crippen LogP contribution is 2.15. The van der Waals surface area contributed by atoms with Gasteiger partial charge in [-0.2, -0.15) is 0 Å². The lowest BCUT2D eigenvalue weighted by Gasteiger charge is -2.06. The molecule has 0 heterocycles. The molecule has 0 aliphatic rings. The first-order valence-corrected chi connectivity index (χ1v) is 20.2. The SMILES string of the molecule is CCCCCCCCCCCCCCCCCCOCCCCCCCCCCCCCCCCCC.O=C(O)CC(O)C(=O)O. The molecule has 6 heteroatoms. The van der Waals surface area contributed by atoms with Gasteiger partial charge >= 0.3 is 11.9 Å². The number of hydrogen-bond donors (Lipinski definition) is 3. The maximum Gasteiger partial charge on any atom is 0.333 e. The Morgan fingerprint density at radius 1 is 0.413 bits per heavy atom. The van der Waals surface area contributed by atoms with Gasteiger partial charge in [0, 0.05) is 13.2 Å². The molecule has 3 N–H and O–H groups in total. The third-order valence-electron chi connectivity index (χ3n) is 8.94. The zero-order valence-electron chi connectivity index (χ0n) is 30.9. The predicted octanol–water partition coefficient (Wildman–Crippen LogP) is 12.4. The summed E-state index contributed by atoms with van der Waals surface area (Å²) < 4.78 is 5.87. The largest absolute Gasteiger partial charge is 0.481 e. The van der Waals surface area contributed by atoms with Crippen LogP contribution in [0.15, 0.2) is 0 Å². The van der Waals surface area contributed by atoms with Crippen molar-refractivity contribution in [3.05, 3.63) is 0 Å². The Balaban J connectivity index is 0. The van der Waals surface area contributed by atoms with Crippen molar-refractivity contribution in [1.29, 1.82) is 0 Å². The number of hydrogen-bond acceptors (Lipinski definition) is 4. The Morgan fingerprint density at radius 3 is 0.804 bits per heavy atom. The van der Waals surface area contributed by atoms with E-state index in [1.807, 2.05) is 0 Å². The zero-order chi connectivity index (χ0) is 34.2. The van der Waals surface area contributed by atoms with Gasteiger partial charge in [-0.3, -0.25) is 4.79 Å². The molecule has 0 radical (unpaired) electrons. The minimum atomic E-state index is -1.79. The second kappa shape index (κ2) is 41.9. The molecular weight excluding hydrogens is 576 g/mol. The van der Waals surface area contributed by atoms with Crippen LogP contribution in [0.3, 0.4) is 0 Å². The molecule has 0 aliphatic heterocycles. The van der Waals surface area contributed by atoms with Gasteiger partial charge < -0.3 is 20.1 Å². The van der Waals surface area contributed by atoms with Crippen molar-refractivity contribution >= 4 is 11.9 Å². The number of aliphatic hydroxyl groups excluding tert-OH is 1. The number of carbonyl (C=O) groups is 2. The van der Waals surface area contributed by atoms with Gasteiger partial charge in [0.05, 0.1) is 6.42 Å². The lowest BCUT2D eigenvalue weighted by molar-refractivity contribution is -0.152. The molecule has 1 unspecified atom stereocenters. The summed E-state index contributed by atoms with van der Waals surface area (Å²) in [6.07, 6.45) is 43.5. The molecule has 0 aromatic heterocycles. The minimum absolute atomic E-state index is 0.755. The second-order valence-electron chi connectivity index (χ2n) is 13.7. The fourth-order valence-electron chi connectivity index (χ4n) is 5.86. The topological polar surface area (TPSA) is 104 Å². The van der Waals surface area contributed by atoms with Gasteiger partial charge in [-0.1, -0.05) is 206 Å². The van der Waals surface area contributed by atoms with Crippen molar-refractivity contribution < 1.29 is 29.6 Å². The van der Waals surface area contributed by atoms with Crippen molar-refractivity contribution in [3.8, 4) is 0 Å². The highest BCUT2D eigenvalue weighted by atomic mass is 16.5. The summed E-state index contributed by atoms with van der Waals surface area (Å²) in [4.78, 5) is 19.4. The van der Waals surface area contributed by atoms with Crippen LogP contribution in [-0.2, 0) is 14.3 Å². The molecule has 46 heavy (non-hydrogen) atoms. The predicted molar refractivity (Wildman–Crippen MR) is 196 cm³/mol. The van der Waals surface area contributed by atoms with E-state index < -0.39 is 24.5 Å². The first-order valence-electron chi connectivity index (χ1n) is 20.2. The summed E-state index contributed by atoms with van der Waals surface area (Å²) in [7, 11) is 0. The maximum atomic E-state index is 9.72. The Morgan fingerprint density at radius 2 is 0.630 bits per heavy atom. The van der Waals surface area contributed by atoms with Crippen molar-refractivity contribution in [2.75, 3.05) is 13.2 Å². The molecule has 0 aliphatic carbocycles. The number of rotatable bonds is 37. The Hall–Kier alpha value is -1.14. The fraction of sp³-hybridized carbons (Fsp3) is 0.950. The Labute approximate surface area is 286 Å². The summed E-state index contributed by atoms with van der Waals surface area (Å²) in [5, 5.41) is 24.1. The molecule has 0 amide bonds. The van der Waals surface area contributed by atoms with Crippen molar-refractivity contribution in [2.24, 2.45) is 0 Å². The molecule has 0 fully saturated rings. The number of ether oxygens (including phenoxy) is 1. The average Bonchev–Trinajstić information content (AvgIpc) is 3.03. The maximum absolute atomic E-state index is 9.72. The van der Waals surface area contributed by atoms with Crippen molar-refractivity contribution in [3.63, 3.8) is 0 Å². The Kier molecular flexibility index (Phi) is 42.8. The number of carboxylic acid groups (broad SMARTS) is 2. The molecule has 6 nitrogen and oxygen atoms in total. The minimum Gasteiger partial charge on any atom is -0.481 e. The molecule has 1 atom stereocenters. The van der Waals surface area contributed by atoms with E-state index in [1.54, 1.807) is 0 Å². The molecule has 0 rings (SSSR count). The van der Waals surface area contributed by atoms with E-state index in [4.69, 9.17) is 20.1 Å². The van der Waals surface area contributed by atoms with E-state index in [1.165, 1.54) is 205 Å². The van der Waals surface area contributed by atoms with Gasteiger partial charge in [0.25, 0.3) is 0 Å². The van der Waals surface area contributed by atoms with Crippen LogP contribution in [0.5, 0.6) is 0 Å². The van der Waals surface area contributed by atoms with Gasteiger partial charge in [-0.15, -0.1) is 0 Å². The monoisotopic (exact) mass is 657 g/mol. The summed E-state index contributed by atoms with van der Waals surface area (Å²) in [5.74, 6) is -2.85. The molecule has 0 saturated carbocycles. The van der Waals surface area contributed by atoms with E-state index in [-0.39, 0.29) is 0 Å². The van der Waals surface area contributed by atoms with Crippen molar-refractivity contribution in [1.82, 2.24) is 0 Å². The van der Waals surface area contributed by atoms with E-state index >= 15 is 0 Å². The Bertz CT molecular complexity index is 562. The van der Waals surface area contributed by atoms with E-state index in [0.29, 0.717) is 0 Å². The third-order valence-corrected chi connectivity index (χ3v) is 8.94. The van der Waals surface area contributed by atoms with Gasteiger partial charge in [-0.25, -0.2) is 4.79 Å². The molecule has 0 aromatic carbocycles. The molecule has 0 aromatic rings. The highest BCUT2D eigenvalue weighted by molar-refractivity contribution is 5.79. The summed E-state index contributed by atoms with van der Waals surface area (Å²) in [5.41, 5.74) is 0. The van der Waals surface area contributed by atoms with Gasteiger partial charge in [0.1, 0.15) is 0 Å². The number of carboxylic acids is 2. The summed E-state index contributed by atoms with van der Waals surface area (Å²) in [6.45, 7) is 6.60. The van der Waals surface area contributed by atoms with Crippen LogP contribution in [0.1, 0.15) is 226 Å². The van der Waals surface area contributed by atoms with E-state index in [2.05, 4.69) is 13.8 Å².